The standard InChI is InChI=1S/C14H25N3O3/c1-6-11(2)17(7-8-20-5)10-12-9-13(18)16(4)14(19)15(12)3/h9,11H,6-8,10H2,1-5H3/t11-/m0/s1. The van der Waals surface area contributed by atoms with Gasteiger partial charge in [-0.15, -0.1) is 0 Å². The molecular formula is C14H25N3O3. The number of nitrogens with zero attached hydrogens (tertiary/aromatic N) is 3. The van der Waals surface area contributed by atoms with E-state index in [0.29, 0.717) is 19.2 Å². The molecule has 0 N–H and O–H groups in total. The summed E-state index contributed by atoms with van der Waals surface area (Å²) in [6.07, 6.45) is 1.00. The molecule has 0 saturated carbocycles. The number of ether oxygens (including phenoxy) is 1. The van der Waals surface area contributed by atoms with Crippen LogP contribution in [0.25, 0.3) is 0 Å². The van der Waals surface area contributed by atoms with Crippen LogP contribution in [0, 0.1) is 0 Å². The summed E-state index contributed by atoms with van der Waals surface area (Å²) in [7, 11) is 4.86. The van der Waals surface area contributed by atoms with Gasteiger partial charge < -0.3 is 4.74 Å². The molecule has 0 aromatic carbocycles. The predicted molar refractivity (Wildman–Crippen MR) is 79.0 cm³/mol. The molecule has 0 aliphatic carbocycles. The van der Waals surface area contributed by atoms with Gasteiger partial charge in [0, 0.05) is 52.1 Å². The van der Waals surface area contributed by atoms with Crippen LogP contribution in [0.4, 0.5) is 0 Å². The Morgan fingerprint density at radius 3 is 2.50 bits per heavy atom. The molecule has 1 heterocycles. The topological polar surface area (TPSA) is 56.5 Å². The van der Waals surface area contributed by atoms with Crippen LogP contribution in [0.15, 0.2) is 15.7 Å². The summed E-state index contributed by atoms with van der Waals surface area (Å²) in [5, 5.41) is 0. The molecule has 0 unspecified atom stereocenters. The lowest BCUT2D eigenvalue weighted by atomic mass is 10.2. The maximum Gasteiger partial charge on any atom is 0.330 e. The molecule has 0 radical (unpaired) electrons. The first-order valence-corrected chi connectivity index (χ1v) is 6.91. The van der Waals surface area contributed by atoms with Crippen molar-refractivity contribution in [2.24, 2.45) is 14.1 Å². The smallest absolute Gasteiger partial charge is 0.330 e. The fourth-order valence-corrected chi connectivity index (χ4v) is 2.06. The summed E-state index contributed by atoms with van der Waals surface area (Å²) in [5.74, 6) is 0. The van der Waals surface area contributed by atoms with Gasteiger partial charge >= 0.3 is 5.69 Å². The zero-order chi connectivity index (χ0) is 15.3. The van der Waals surface area contributed by atoms with Crippen molar-refractivity contribution in [1.29, 1.82) is 0 Å². The molecule has 1 aromatic heterocycles. The van der Waals surface area contributed by atoms with Gasteiger partial charge in [-0.3, -0.25) is 18.8 Å². The molecule has 0 aliphatic heterocycles. The Morgan fingerprint density at radius 1 is 1.30 bits per heavy atom. The maximum atomic E-state index is 11.9. The minimum Gasteiger partial charge on any atom is -0.383 e. The first kappa shape index (κ1) is 16.7. The fraction of sp³-hybridized carbons (Fsp3) is 0.714. The van der Waals surface area contributed by atoms with Gasteiger partial charge in [-0.25, -0.2) is 4.79 Å². The highest BCUT2D eigenvalue weighted by atomic mass is 16.5. The van der Waals surface area contributed by atoms with Crippen molar-refractivity contribution in [3.63, 3.8) is 0 Å². The normalized spacial score (nSPS) is 12.9. The SMILES string of the molecule is CC[C@H](C)N(CCOC)Cc1cc(=O)n(C)c(=O)n1C. The third kappa shape index (κ3) is 3.80. The van der Waals surface area contributed by atoms with E-state index >= 15 is 0 Å². The van der Waals surface area contributed by atoms with E-state index < -0.39 is 0 Å². The Hall–Kier alpha value is -1.40. The number of rotatable bonds is 7. The van der Waals surface area contributed by atoms with Gasteiger partial charge in [0.15, 0.2) is 0 Å². The minimum atomic E-state index is -0.289. The summed E-state index contributed by atoms with van der Waals surface area (Å²) in [6.45, 7) is 6.22. The summed E-state index contributed by atoms with van der Waals surface area (Å²) >= 11 is 0. The van der Waals surface area contributed by atoms with Crippen LogP contribution in [0.3, 0.4) is 0 Å². The number of methoxy groups -OCH3 is 1. The van der Waals surface area contributed by atoms with Crippen LogP contribution in [-0.2, 0) is 25.4 Å². The second-order valence-electron chi connectivity index (χ2n) is 5.10. The summed E-state index contributed by atoms with van der Waals surface area (Å²) in [6, 6.07) is 1.90. The molecule has 0 fully saturated rings. The van der Waals surface area contributed by atoms with Crippen molar-refractivity contribution in [2.45, 2.75) is 32.9 Å². The second-order valence-corrected chi connectivity index (χ2v) is 5.10. The molecule has 0 spiro atoms. The van der Waals surface area contributed by atoms with Crippen LogP contribution in [0.2, 0.25) is 0 Å². The molecule has 0 amide bonds. The van der Waals surface area contributed by atoms with Crippen molar-refractivity contribution < 1.29 is 4.74 Å². The van der Waals surface area contributed by atoms with Gasteiger partial charge in [-0.1, -0.05) is 6.92 Å². The van der Waals surface area contributed by atoms with Gasteiger partial charge in [-0.05, 0) is 13.3 Å². The average molecular weight is 283 g/mol. The Kier molecular flexibility index (Phi) is 6.16. The van der Waals surface area contributed by atoms with Gasteiger partial charge in [0.2, 0.25) is 0 Å². The van der Waals surface area contributed by atoms with Crippen LogP contribution in [0.1, 0.15) is 26.0 Å². The van der Waals surface area contributed by atoms with Gasteiger partial charge in [-0.2, -0.15) is 0 Å². The predicted octanol–water partition coefficient (Wildman–Crippen LogP) is 0.331. The maximum absolute atomic E-state index is 11.9. The molecule has 1 aromatic rings. The van der Waals surface area contributed by atoms with E-state index in [1.54, 1.807) is 14.2 Å². The number of hydrogen-bond donors (Lipinski definition) is 0. The first-order valence-electron chi connectivity index (χ1n) is 6.91. The summed E-state index contributed by atoms with van der Waals surface area (Å²) in [4.78, 5) is 25.9. The van der Waals surface area contributed by atoms with Crippen molar-refractivity contribution in [3.8, 4) is 0 Å². The first-order chi connectivity index (χ1) is 9.42. The molecule has 114 valence electrons. The highest BCUT2D eigenvalue weighted by Crippen LogP contribution is 2.08. The van der Waals surface area contributed by atoms with Crippen molar-refractivity contribution in [1.82, 2.24) is 14.0 Å². The lowest BCUT2D eigenvalue weighted by molar-refractivity contribution is 0.116. The van der Waals surface area contributed by atoms with E-state index in [9.17, 15) is 9.59 Å². The Bertz CT molecular complexity index is 548. The van der Waals surface area contributed by atoms with Gasteiger partial charge in [0.1, 0.15) is 0 Å². The van der Waals surface area contributed by atoms with Crippen molar-refractivity contribution in [2.75, 3.05) is 20.3 Å². The zero-order valence-electron chi connectivity index (χ0n) is 13.0. The van der Waals surface area contributed by atoms with Crippen LogP contribution in [0.5, 0.6) is 0 Å². The molecule has 6 heteroatoms. The number of aromatic nitrogens is 2. The van der Waals surface area contributed by atoms with Crippen molar-refractivity contribution >= 4 is 0 Å². The largest absolute Gasteiger partial charge is 0.383 e. The fourth-order valence-electron chi connectivity index (χ4n) is 2.06. The third-order valence-electron chi connectivity index (χ3n) is 3.79. The summed E-state index contributed by atoms with van der Waals surface area (Å²) < 4.78 is 7.77. The molecule has 0 aliphatic rings. The number of hydrogen-bond acceptors (Lipinski definition) is 4. The Morgan fingerprint density at radius 2 is 1.95 bits per heavy atom. The highest BCUT2D eigenvalue weighted by molar-refractivity contribution is 5.02. The van der Waals surface area contributed by atoms with Gasteiger partial charge in [0.05, 0.1) is 6.61 Å². The molecule has 0 saturated heterocycles. The molecule has 20 heavy (non-hydrogen) atoms. The Labute approximate surface area is 119 Å². The van der Waals surface area contributed by atoms with E-state index in [-0.39, 0.29) is 11.2 Å². The molecule has 6 nitrogen and oxygen atoms in total. The van der Waals surface area contributed by atoms with E-state index in [1.807, 2.05) is 0 Å². The van der Waals surface area contributed by atoms with Crippen LogP contribution in [-0.4, -0.2) is 40.3 Å². The second kappa shape index (κ2) is 7.40. The quantitative estimate of drug-likeness (QED) is 0.724. The van der Waals surface area contributed by atoms with E-state index in [2.05, 4.69) is 18.7 Å². The zero-order valence-corrected chi connectivity index (χ0v) is 13.0. The van der Waals surface area contributed by atoms with E-state index in [0.717, 1.165) is 23.2 Å². The highest BCUT2D eigenvalue weighted by Gasteiger charge is 2.15. The molecule has 1 rings (SSSR count). The third-order valence-corrected chi connectivity index (χ3v) is 3.79. The van der Waals surface area contributed by atoms with E-state index in [4.69, 9.17) is 4.74 Å². The van der Waals surface area contributed by atoms with Crippen LogP contribution >= 0.6 is 0 Å². The lowest BCUT2D eigenvalue weighted by Crippen LogP contribution is -2.41. The molecule has 1 atom stereocenters. The average Bonchev–Trinajstić information content (AvgIpc) is 2.45. The molecule has 0 bridgehead atoms. The summed E-state index contributed by atoms with van der Waals surface area (Å²) in [5.41, 5.74) is 0.178. The monoisotopic (exact) mass is 283 g/mol. The lowest BCUT2D eigenvalue weighted by Gasteiger charge is -2.28. The van der Waals surface area contributed by atoms with Gasteiger partial charge in [0.25, 0.3) is 5.56 Å². The van der Waals surface area contributed by atoms with Crippen LogP contribution < -0.4 is 11.2 Å². The minimum absolute atomic E-state index is 0.265. The van der Waals surface area contributed by atoms with Crippen molar-refractivity contribution in [3.05, 3.63) is 32.6 Å². The van der Waals surface area contributed by atoms with E-state index in [1.165, 1.54) is 17.7 Å². The molecular weight excluding hydrogens is 258 g/mol. The Balaban J connectivity index is 3.05.